The van der Waals surface area contributed by atoms with Crippen LogP contribution in [0.3, 0.4) is 0 Å². The quantitative estimate of drug-likeness (QED) is 0.758. The topological polar surface area (TPSA) is 43.1 Å². The van der Waals surface area contributed by atoms with E-state index in [1.54, 1.807) is 0 Å². The summed E-state index contributed by atoms with van der Waals surface area (Å²) < 4.78 is 0. The van der Waals surface area contributed by atoms with Gasteiger partial charge >= 0.3 is 0 Å². The van der Waals surface area contributed by atoms with E-state index in [1.165, 1.54) is 24.8 Å². The van der Waals surface area contributed by atoms with Crippen molar-refractivity contribution in [1.29, 1.82) is 0 Å². The van der Waals surface area contributed by atoms with Gasteiger partial charge in [-0.25, -0.2) is 0 Å². The van der Waals surface area contributed by atoms with Crippen LogP contribution in [0, 0.1) is 11.8 Å². The summed E-state index contributed by atoms with van der Waals surface area (Å²) in [4.78, 5) is 12.4. The van der Waals surface area contributed by atoms with E-state index in [0.717, 1.165) is 12.0 Å². The standard InChI is InChI=1S/C18H27NO/c1-13(2)9-14(12-19)10-18(20)17-8-4-7-16(11-17)15-5-3-6-15/h4,7-8,11,13-15H,3,5-6,9-10,12,19H2,1-2H3. The zero-order chi connectivity index (χ0) is 14.5. The number of benzene rings is 1. The van der Waals surface area contributed by atoms with Gasteiger partial charge in [0, 0.05) is 12.0 Å². The van der Waals surface area contributed by atoms with Crippen LogP contribution < -0.4 is 5.73 Å². The lowest BCUT2D eigenvalue weighted by Gasteiger charge is -2.26. The zero-order valence-corrected chi connectivity index (χ0v) is 12.8. The Balaban J connectivity index is 2.00. The molecule has 0 bridgehead atoms. The molecule has 1 unspecified atom stereocenters. The lowest BCUT2D eigenvalue weighted by atomic mass is 9.79. The Morgan fingerprint density at radius 3 is 2.65 bits per heavy atom. The molecule has 2 rings (SSSR count). The van der Waals surface area contributed by atoms with Crippen molar-refractivity contribution < 1.29 is 4.79 Å². The van der Waals surface area contributed by atoms with E-state index in [2.05, 4.69) is 26.0 Å². The van der Waals surface area contributed by atoms with Crippen molar-refractivity contribution in [3.05, 3.63) is 35.4 Å². The Morgan fingerprint density at radius 2 is 2.10 bits per heavy atom. The fourth-order valence-corrected chi connectivity index (χ4v) is 3.02. The molecule has 0 radical (unpaired) electrons. The molecule has 1 aliphatic rings. The largest absolute Gasteiger partial charge is 0.330 e. The highest BCUT2D eigenvalue weighted by atomic mass is 16.1. The van der Waals surface area contributed by atoms with E-state index in [4.69, 9.17) is 5.73 Å². The van der Waals surface area contributed by atoms with Gasteiger partial charge in [0.25, 0.3) is 0 Å². The highest BCUT2D eigenvalue weighted by molar-refractivity contribution is 5.96. The van der Waals surface area contributed by atoms with Crippen LogP contribution in [-0.2, 0) is 0 Å². The van der Waals surface area contributed by atoms with E-state index in [0.29, 0.717) is 30.7 Å². The molecule has 0 amide bonds. The number of Topliss-reactive ketones (excluding diaryl/α,β-unsaturated/α-hetero) is 1. The minimum Gasteiger partial charge on any atom is -0.330 e. The second-order valence-electron chi connectivity index (χ2n) is 6.61. The number of ketones is 1. The number of hydrogen-bond donors (Lipinski definition) is 1. The van der Waals surface area contributed by atoms with E-state index in [9.17, 15) is 4.79 Å². The molecule has 0 heterocycles. The molecule has 1 fully saturated rings. The summed E-state index contributed by atoms with van der Waals surface area (Å²) in [5, 5.41) is 0. The first-order valence-electron chi connectivity index (χ1n) is 7.93. The van der Waals surface area contributed by atoms with Gasteiger partial charge in [0.15, 0.2) is 5.78 Å². The molecule has 110 valence electrons. The summed E-state index contributed by atoms with van der Waals surface area (Å²) >= 11 is 0. The lowest BCUT2D eigenvalue weighted by Crippen LogP contribution is -2.20. The third-order valence-electron chi connectivity index (χ3n) is 4.40. The van der Waals surface area contributed by atoms with Crippen molar-refractivity contribution >= 4 is 5.78 Å². The molecule has 1 aromatic rings. The average molecular weight is 273 g/mol. The highest BCUT2D eigenvalue weighted by Gasteiger charge is 2.21. The first kappa shape index (κ1) is 15.2. The van der Waals surface area contributed by atoms with Crippen LogP contribution in [0.15, 0.2) is 24.3 Å². The summed E-state index contributed by atoms with van der Waals surface area (Å²) in [6.45, 7) is 4.97. The molecule has 0 aliphatic heterocycles. The third kappa shape index (κ3) is 3.92. The Bertz CT molecular complexity index is 448. The number of rotatable bonds is 7. The minimum atomic E-state index is 0.252. The van der Waals surface area contributed by atoms with Gasteiger partial charge in [0.05, 0.1) is 0 Å². The molecular formula is C18H27NO. The number of carbonyl (C=O) groups is 1. The fourth-order valence-electron chi connectivity index (χ4n) is 3.02. The Hall–Kier alpha value is -1.15. The average Bonchev–Trinajstić information content (AvgIpc) is 2.35. The fraction of sp³-hybridized carbons (Fsp3) is 0.611. The number of hydrogen-bond acceptors (Lipinski definition) is 2. The van der Waals surface area contributed by atoms with E-state index in [1.807, 2.05) is 12.1 Å². The van der Waals surface area contributed by atoms with Crippen LogP contribution in [0.4, 0.5) is 0 Å². The van der Waals surface area contributed by atoms with Crippen molar-refractivity contribution in [3.63, 3.8) is 0 Å². The maximum Gasteiger partial charge on any atom is 0.163 e. The van der Waals surface area contributed by atoms with E-state index < -0.39 is 0 Å². The Kier molecular flexibility index (Phi) is 5.36. The molecule has 1 aliphatic carbocycles. The molecule has 20 heavy (non-hydrogen) atoms. The van der Waals surface area contributed by atoms with Crippen LogP contribution in [0.25, 0.3) is 0 Å². The second kappa shape index (κ2) is 7.03. The summed E-state index contributed by atoms with van der Waals surface area (Å²) in [7, 11) is 0. The summed E-state index contributed by atoms with van der Waals surface area (Å²) in [6, 6.07) is 8.25. The van der Waals surface area contributed by atoms with Gasteiger partial charge in [-0.2, -0.15) is 0 Å². The maximum absolute atomic E-state index is 12.4. The predicted octanol–water partition coefficient (Wildman–Crippen LogP) is 4.15. The first-order valence-corrected chi connectivity index (χ1v) is 7.93. The third-order valence-corrected chi connectivity index (χ3v) is 4.40. The van der Waals surface area contributed by atoms with Gasteiger partial charge in [0.1, 0.15) is 0 Å². The van der Waals surface area contributed by atoms with Crippen LogP contribution >= 0.6 is 0 Å². The van der Waals surface area contributed by atoms with Gasteiger partial charge in [-0.3, -0.25) is 4.79 Å². The van der Waals surface area contributed by atoms with Crippen molar-refractivity contribution in [2.24, 2.45) is 17.6 Å². The lowest BCUT2D eigenvalue weighted by molar-refractivity contribution is 0.0957. The molecule has 1 atom stereocenters. The SMILES string of the molecule is CC(C)CC(CN)CC(=O)c1cccc(C2CCC2)c1. The predicted molar refractivity (Wildman–Crippen MR) is 84.0 cm³/mol. The molecule has 2 N–H and O–H groups in total. The van der Waals surface area contributed by atoms with Crippen LogP contribution in [0.2, 0.25) is 0 Å². The summed E-state index contributed by atoms with van der Waals surface area (Å²) in [6.07, 6.45) is 5.49. The monoisotopic (exact) mass is 273 g/mol. The van der Waals surface area contributed by atoms with Gasteiger partial charge in [0.2, 0.25) is 0 Å². The summed E-state index contributed by atoms with van der Waals surface area (Å²) in [5.74, 6) is 1.85. The molecule has 0 spiro atoms. The van der Waals surface area contributed by atoms with E-state index >= 15 is 0 Å². The molecule has 0 saturated heterocycles. The van der Waals surface area contributed by atoms with Crippen molar-refractivity contribution in [3.8, 4) is 0 Å². The number of carbonyl (C=O) groups excluding carboxylic acids is 1. The minimum absolute atomic E-state index is 0.252. The normalized spacial score (nSPS) is 17.0. The van der Waals surface area contributed by atoms with Gasteiger partial charge in [-0.15, -0.1) is 0 Å². The van der Waals surface area contributed by atoms with Crippen LogP contribution in [0.5, 0.6) is 0 Å². The molecule has 1 saturated carbocycles. The maximum atomic E-state index is 12.4. The molecule has 1 aromatic carbocycles. The van der Waals surface area contributed by atoms with Crippen LogP contribution in [0.1, 0.15) is 67.8 Å². The first-order chi connectivity index (χ1) is 9.60. The van der Waals surface area contributed by atoms with Gasteiger partial charge in [-0.05, 0) is 55.2 Å². The Labute approximate surface area is 122 Å². The van der Waals surface area contributed by atoms with Crippen molar-refractivity contribution in [2.45, 2.75) is 51.9 Å². The smallest absolute Gasteiger partial charge is 0.163 e. The van der Waals surface area contributed by atoms with Gasteiger partial charge < -0.3 is 5.73 Å². The second-order valence-corrected chi connectivity index (χ2v) is 6.61. The molecule has 2 heteroatoms. The molecular weight excluding hydrogens is 246 g/mol. The molecule has 2 nitrogen and oxygen atoms in total. The zero-order valence-electron chi connectivity index (χ0n) is 12.8. The van der Waals surface area contributed by atoms with Gasteiger partial charge in [-0.1, -0.05) is 38.5 Å². The van der Waals surface area contributed by atoms with Crippen molar-refractivity contribution in [2.75, 3.05) is 6.54 Å². The van der Waals surface area contributed by atoms with E-state index in [-0.39, 0.29) is 5.78 Å². The van der Waals surface area contributed by atoms with Crippen LogP contribution in [-0.4, -0.2) is 12.3 Å². The summed E-state index contributed by atoms with van der Waals surface area (Å²) in [5.41, 5.74) is 8.02. The molecule has 0 aromatic heterocycles. The van der Waals surface area contributed by atoms with Crippen molar-refractivity contribution in [1.82, 2.24) is 0 Å². The number of nitrogens with two attached hydrogens (primary N) is 1. The highest BCUT2D eigenvalue weighted by Crippen LogP contribution is 2.36. The Morgan fingerprint density at radius 1 is 1.35 bits per heavy atom.